The van der Waals surface area contributed by atoms with E-state index in [0.717, 1.165) is 17.2 Å². The van der Waals surface area contributed by atoms with E-state index in [0.29, 0.717) is 10.6 Å². The van der Waals surface area contributed by atoms with Gasteiger partial charge in [-0.25, -0.2) is 5.10 Å². The first-order chi connectivity index (χ1) is 11.0. The van der Waals surface area contributed by atoms with E-state index in [4.69, 9.17) is 17.0 Å². The number of benzene rings is 1. The van der Waals surface area contributed by atoms with Crippen molar-refractivity contribution in [3.05, 3.63) is 46.4 Å². The monoisotopic (exact) mass is 328 g/mol. The number of carbonyl (C=O) groups excluding carboxylic acids is 2. The van der Waals surface area contributed by atoms with Gasteiger partial charge in [0.1, 0.15) is 5.76 Å². The molecule has 0 amide bonds. The topological polar surface area (TPSA) is 89.3 Å². The molecule has 0 saturated heterocycles. The number of Topliss-reactive ketones (excluding diaryl/α,β-unsaturated/α-hetero) is 1. The second kappa shape index (κ2) is 6.09. The Balaban J connectivity index is 1.95. The smallest absolute Gasteiger partial charge is 0.240 e. The third-order valence-corrected chi connectivity index (χ3v) is 3.41. The van der Waals surface area contributed by atoms with Crippen LogP contribution in [0, 0.1) is 11.7 Å². The molecule has 116 valence electrons. The first-order valence-corrected chi connectivity index (χ1v) is 7.16. The fourth-order valence-corrected chi connectivity index (χ4v) is 2.21. The van der Waals surface area contributed by atoms with E-state index in [-0.39, 0.29) is 12.4 Å². The Morgan fingerprint density at radius 1 is 1.43 bits per heavy atom. The van der Waals surface area contributed by atoms with Crippen molar-refractivity contribution in [1.82, 2.24) is 14.9 Å². The van der Waals surface area contributed by atoms with Gasteiger partial charge in [-0.2, -0.15) is 14.9 Å². The van der Waals surface area contributed by atoms with Crippen LogP contribution >= 0.6 is 12.2 Å². The zero-order valence-electron chi connectivity index (χ0n) is 12.1. The summed E-state index contributed by atoms with van der Waals surface area (Å²) in [6, 6.07) is 7.73. The number of allylic oxidation sites excluding steroid dienone is 2. The summed E-state index contributed by atoms with van der Waals surface area (Å²) in [5.41, 5.74) is 1.92. The van der Waals surface area contributed by atoms with Crippen molar-refractivity contribution >= 4 is 30.0 Å². The van der Waals surface area contributed by atoms with Crippen LogP contribution in [0.2, 0.25) is 0 Å². The molecule has 0 spiro atoms. The summed E-state index contributed by atoms with van der Waals surface area (Å²) >= 11 is 5.16. The summed E-state index contributed by atoms with van der Waals surface area (Å²) in [7, 11) is 0. The van der Waals surface area contributed by atoms with Gasteiger partial charge in [0.05, 0.1) is 6.21 Å². The van der Waals surface area contributed by atoms with Gasteiger partial charge in [0.15, 0.2) is 12.4 Å². The maximum Gasteiger partial charge on any atom is 0.240 e. The molecule has 3 rings (SSSR count). The maximum atomic E-state index is 11.3. The Bertz CT molecular complexity index is 907. The molecule has 2 aromatic rings. The van der Waals surface area contributed by atoms with E-state index in [9.17, 15) is 9.59 Å². The third-order valence-electron chi connectivity index (χ3n) is 3.15. The zero-order chi connectivity index (χ0) is 16.4. The van der Waals surface area contributed by atoms with E-state index in [2.05, 4.69) is 15.3 Å². The van der Waals surface area contributed by atoms with Gasteiger partial charge in [0, 0.05) is 11.6 Å². The van der Waals surface area contributed by atoms with Gasteiger partial charge in [-0.15, -0.1) is 0 Å². The summed E-state index contributed by atoms with van der Waals surface area (Å²) in [6.45, 7) is 1.69. The molecular formula is C15H12N4O3S. The van der Waals surface area contributed by atoms with Crippen LogP contribution in [-0.2, 0) is 14.3 Å². The minimum atomic E-state index is -0.604. The predicted molar refractivity (Wildman–Crippen MR) is 85.5 cm³/mol. The molecule has 0 saturated carbocycles. The standard InChI is InChI=1S/C15H12N4O3S/c1-9-3-2-4-10(5-9)14-17-18-15(23)19(14)16-7-11-6-12(20)13(21)8-22-11/h2-7H,8H2,1H3,(H,18,23)/b16-7+. The van der Waals surface area contributed by atoms with Crippen molar-refractivity contribution in [3.8, 4) is 11.4 Å². The molecule has 0 bridgehead atoms. The first-order valence-electron chi connectivity index (χ1n) is 6.75. The van der Waals surface area contributed by atoms with Gasteiger partial charge < -0.3 is 4.74 Å². The molecule has 0 radical (unpaired) electrons. The van der Waals surface area contributed by atoms with Crippen molar-refractivity contribution < 1.29 is 14.3 Å². The van der Waals surface area contributed by atoms with Crippen LogP contribution in [0.3, 0.4) is 0 Å². The van der Waals surface area contributed by atoms with Crippen molar-refractivity contribution in [2.45, 2.75) is 6.92 Å². The highest BCUT2D eigenvalue weighted by Crippen LogP contribution is 2.18. The van der Waals surface area contributed by atoms with Crippen molar-refractivity contribution in [2.24, 2.45) is 5.10 Å². The summed E-state index contributed by atoms with van der Waals surface area (Å²) in [5, 5.41) is 11.0. The minimum Gasteiger partial charge on any atom is -0.483 e. The summed E-state index contributed by atoms with van der Waals surface area (Å²) in [4.78, 5) is 22.4. The number of aryl methyl sites for hydroxylation is 1. The highest BCUT2D eigenvalue weighted by atomic mass is 32.1. The molecule has 0 unspecified atom stereocenters. The molecule has 0 aliphatic carbocycles. The average molecular weight is 328 g/mol. The van der Waals surface area contributed by atoms with Gasteiger partial charge in [-0.3, -0.25) is 9.59 Å². The lowest BCUT2D eigenvalue weighted by Gasteiger charge is -2.09. The lowest BCUT2D eigenvalue weighted by molar-refractivity contribution is -0.137. The van der Waals surface area contributed by atoms with Crippen molar-refractivity contribution in [2.75, 3.05) is 6.61 Å². The number of ketones is 2. The molecule has 0 atom stereocenters. The first kappa shape index (κ1) is 15.0. The van der Waals surface area contributed by atoms with Gasteiger partial charge in [0.2, 0.25) is 16.3 Å². The van der Waals surface area contributed by atoms with Crippen LogP contribution in [0.1, 0.15) is 5.56 Å². The number of aromatic nitrogens is 3. The average Bonchev–Trinajstić information content (AvgIpc) is 2.89. The fourth-order valence-electron chi connectivity index (χ4n) is 2.03. The van der Waals surface area contributed by atoms with Gasteiger partial charge in [0.25, 0.3) is 0 Å². The molecule has 1 N–H and O–H groups in total. The Morgan fingerprint density at radius 3 is 3.00 bits per heavy atom. The molecular weight excluding hydrogens is 316 g/mol. The van der Waals surface area contributed by atoms with Crippen molar-refractivity contribution in [3.63, 3.8) is 0 Å². The van der Waals surface area contributed by atoms with Crippen molar-refractivity contribution in [1.29, 1.82) is 0 Å². The summed E-state index contributed by atoms with van der Waals surface area (Å²) < 4.78 is 6.86. The number of rotatable bonds is 3. The zero-order valence-corrected chi connectivity index (χ0v) is 13.0. The number of hydrogen-bond donors (Lipinski definition) is 1. The van der Waals surface area contributed by atoms with Gasteiger partial charge >= 0.3 is 0 Å². The number of carbonyl (C=O) groups is 2. The molecule has 23 heavy (non-hydrogen) atoms. The van der Waals surface area contributed by atoms with E-state index in [1.54, 1.807) is 0 Å². The van der Waals surface area contributed by atoms with Crippen LogP contribution in [0.5, 0.6) is 0 Å². The van der Waals surface area contributed by atoms with E-state index in [1.807, 2.05) is 31.2 Å². The Hall–Kier alpha value is -2.87. The Morgan fingerprint density at radius 2 is 2.26 bits per heavy atom. The summed E-state index contributed by atoms with van der Waals surface area (Å²) in [6.07, 6.45) is 2.43. The van der Waals surface area contributed by atoms with Gasteiger partial charge in [-0.1, -0.05) is 23.8 Å². The minimum absolute atomic E-state index is 0.202. The quantitative estimate of drug-likeness (QED) is 0.527. The molecule has 1 aromatic heterocycles. The lowest BCUT2D eigenvalue weighted by atomic mass is 10.1. The second-order valence-corrected chi connectivity index (χ2v) is 5.29. The van der Waals surface area contributed by atoms with E-state index < -0.39 is 11.6 Å². The number of H-pyrrole nitrogens is 1. The number of aromatic amines is 1. The predicted octanol–water partition coefficient (Wildman–Crippen LogP) is 1.80. The maximum absolute atomic E-state index is 11.3. The molecule has 1 aliphatic rings. The molecule has 0 fully saturated rings. The molecule has 1 aromatic carbocycles. The van der Waals surface area contributed by atoms with Crippen LogP contribution in [0.15, 0.2) is 41.2 Å². The molecule has 2 heterocycles. The fraction of sp³-hybridized carbons (Fsp3) is 0.133. The third kappa shape index (κ3) is 3.16. The summed E-state index contributed by atoms with van der Waals surface area (Å²) in [5.74, 6) is -0.448. The number of ether oxygens (including phenoxy) is 1. The number of nitrogens with one attached hydrogen (secondary N) is 1. The molecule has 7 nitrogen and oxygen atoms in total. The van der Waals surface area contributed by atoms with Gasteiger partial charge in [-0.05, 0) is 25.2 Å². The second-order valence-electron chi connectivity index (χ2n) is 4.90. The number of hydrogen-bond acceptors (Lipinski definition) is 6. The van der Waals surface area contributed by atoms with Crippen LogP contribution in [0.25, 0.3) is 11.4 Å². The lowest BCUT2D eigenvalue weighted by Crippen LogP contribution is -2.23. The SMILES string of the molecule is Cc1cccc(-c2n[nH]c(=S)n2/N=C/C2=CC(=O)C(=O)CO2)c1. The number of nitrogens with zero attached hydrogens (tertiary/aromatic N) is 3. The largest absolute Gasteiger partial charge is 0.483 e. The van der Waals surface area contributed by atoms with Crippen LogP contribution in [-0.4, -0.2) is 39.3 Å². The molecule has 1 aliphatic heterocycles. The Kier molecular flexibility index (Phi) is 3.98. The molecule has 8 heteroatoms. The highest BCUT2D eigenvalue weighted by molar-refractivity contribution is 7.71. The van der Waals surface area contributed by atoms with Crippen LogP contribution < -0.4 is 0 Å². The van der Waals surface area contributed by atoms with E-state index >= 15 is 0 Å². The van der Waals surface area contributed by atoms with Crippen LogP contribution in [0.4, 0.5) is 0 Å². The highest BCUT2D eigenvalue weighted by Gasteiger charge is 2.19. The Labute approximate surface area is 136 Å². The van der Waals surface area contributed by atoms with E-state index in [1.165, 1.54) is 10.9 Å². The normalized spacial score (nSPS) is 14.9.